The Morgan fingerprint density at radius 2 is 1.72 bits per heavy atom. The van der Waals surface area contributed by atoms with Crippen LogP contribution in [0.25, 0.3) is 0 Å². The van der Waals surface area contributed by atoms with Crippen molar-refractivity contribution in [3.05, 3.63) is 47.5 Å². The molecular formula is C31H41N3O5. The minimum absolute atomic E-state index is 0.0577. The molecule has 2 fully saturated rings. The van der Waals surface area contributed by atoms with Crippen LogP contribution >= 0.6 is 0 Å². The fraction of sp³-hybridized carbons (Fsp3) is 0.548. The molecule has 2 aromatic carbocycles. The number of hydrogen-bond donors (Lipinski definition) is 1. The maximum absolute atomic E-state index is 13.9. The Bertz CT molecular complexity index is 1240. The molecule has 2 N–H and O–H groups in total. The summed E-state index contributed by atoms with van der Waals surface area (Å²) in [7, 11) is 1.64. The first-order valence-corrected chi connectivity index (χ1v) is 14.0. The molecule has 2 heterocycles. The number of carbonyl (C=O) groups excluding carboxylic acids is 2. The molecule has 0 radical (unpaired) electrons. The van der Waals surface area contributed by atoms with Crippen molar-refractivity contribution < 1.29 is 23.8 Å². The smallest absolute Gasteiger partial charge is 0.410 e. The average molecular weight is 536 g/mol. The van der Waals surface area contributed by atoms with E-state index < -0.39 is 11.0 Å². The second-order valence-corrected chi connectivity index (χ2v) is 12.4. The van der Waals surface area contributed by atoms with E-state index in [0.717, 1.165) is 41.8 Å². The van der Waals surface area contributed by atoms with Crippen molar-refractivity contribution in [1.82, 2.24) is 4.90 Å². The lowest BCUT2D eigenvalue weighted by Crippen LogP contribution is -2.53. The van der Waals surface area contributed by atoms with Crippen LogP contribution in [0.3, 0.4) is 0 Å². The van der Waals surface area contributed by atoms with Gasteiger partial charge in [-0.25, -0.2) is 4.79 Å². The number of anilines is 2. The molecule has 5 rings (SSSR count). The number of nitrogens with two attached hydrogens (primary N) is 1. The van der Waals surface area contributed by atoms with Gasteiger partial charge < -0.3 is 29.7 Å². The second kappa shape index (κ2) is 9.96. The number of nitrogen functional groups attached to an aromatic ring is 1. The van der Waals surface area contributed by atoms with E-state index in [2.05, 4.69) is 0 Å². The molecule has 3 aliphatic rings. The molecule has 8 nitrogen and oxygen atoms in total. The fourth-order valence-electron chi connectivity index (χ4n) is 6.38. The average Bonchev–Trinajstić information content (AvgIpc) is 3.05. The fourth-order valence-corrected chi connectivity index (χ4v) is 6.38. The highest BCUT2D eigenvalue weighted by Gasteiger charge is 2.55. The van der Waals surface area contributed by atoms with Crippen molar-refractivity contribution in [2.45, 2.75) is 102 Å². The number of fused-ring (bicyclic) bond motifs is 2. The van der Waals surface area contributed by atoms with Crippen LogP contribution in [0, 0.1) is 0 Å². The van der Waals surface area contributed by atoms with Gasteiger partial charge in [-0.05, 0) is 76.8 Å². The van der Waals surface area contributed by atoms with Gasteiger partial charge in [0.2, 0.25) is 5.91 Å². The minimum Gasteiger partial charge on any atom is -0.497 e. The largest absolute Gasteiger partial charge is 0.497 e. The Labute approximate surface area is 231 Å². The zero-order chi connectivity index (χ0) is 28.1. The van der Waals surface area contributed by atoms with Gasteiger partial charge >= 0.3 is 6.09 Å². The number of nitrogens with zero attached hydrogens (tertiary/aromatic N) is 2. The van der Waals surface area contributed by atoms with Gasteiger partial charge in [0.1, 0.15) is 23.2 Å². The van der Waals surface area contributed by atoms with Crippen LogP contribution in [-0.4, -0.2) is 47.8 Å². The lowest BCUT2D eigenvalue weighted by Gasteiger charge is -2.42. The van der Waals surface area contributed by atoms with Crippen LogP contribution in [0.15, 0.2) is 36.4 Å². The molecule has 0 aromatic heterocycles. The van der Waals surface area contributed by atoms with E-state index in [1.165, 1.54) is 0 Å². The monoisotopic (exact) mass is 535 g/mol. The molecule has 8 heteroatoms. The van der Waals surface area contributed by atoms with Crippen LogP contribution in [0.1, 0.15) is 77.8 Å². The van der Waals surface area contributed by atoms with Crippen molar-refractivity contribution in [3.8, 4) is 11.5 Å². The third-order valence-electron chi connectivity index (χ3n) is 8.30. The Morgan fingerprint density at radius 3 is 2.26 bits per heavy atom. The van der Waals surface area contributed by atoms with Gasteiger partial charge in [0, 0.05) is 36.7 Å². The molecule has 1 saturated heterocycles. The van der Waals surface area contributed by atoms with Crippen molar-refractivity contribution >= 4 is 23.4 Å². The van der Waals surface area contributed by atoms with Crippen molar-refractivity contribution in [2.24, 2.45) is 0 Å². The zero-order valence-electron chi connectivity index (χ0n) is 24.0. The molecule has 1 aliphatic carbocycles. The van der Waals surface area contributed by atoms with Crippen LogP contribution in [-0.2, 0) is 21.5 Å². The molecule has 2 atom stereocenters. The number of hydrogen-bond acceptors (Lipinski definition) is 6. The van der Waals surface area contributed by atoms with Gasteiger partial charge in [-0.15, -0.1) is 0 Å². The number of rotatable bonds is 5. The van der Waals surface area contributed by atoms with Crippen LogP contribution in [0.2, 0.25) is 0 Å². The molecule has 2 unspecified atom stereocenters. The molecule has 210 valence electrons. The number of methoxy groups -OCH3 is 1. The SMILES string of the molecule is COc1ccc(CN2C(=O)C3(CCC3)c3cc(N)cc(OC4CC(C)N(C(=O)OC(C)(C)C)C(C)C4)c32)cc1. The number of carbonyl (C=O) groups is 2. The number of amides is 2. The normalized spacial score (nSPS) is 23.8. The van der Waals surface area contributed by atoms with E-state index >= 15 is 0 Å². The summed E-state index contributed by atoms with van der Waals surface area (Å²) in [5.74, 6) is 1.54. The van der Waals surface area contributed by atoms with E-state index in [-0.39, 0.29) is 30.2 Å². The molecule has 1 spiro atoms. The summed E-state index contributed by atoms with van der Waals surface area (Å²) < 4.78 is 17.7. The Balaban J connectivity index is 1.43. The van der Waals surface area contributed by atoms with E-state index in [1.54, 1.807) is 7.11 Å². The number of piperidine rings is 1. The number of ether oxygens (including phenoxy) is 3. The Morgan fingerprint density at radius 1 is 1.08 bits per heavy atom. The highest BCUT2D eigenvalue weighted by atomic mass is 16.6. The number of benzene rings is 2. The van der Waals surface area contributed by atoms with Gasteiger partial charge in [-0.1, -0.05) is 18.6 Å². The predicted octanol–water partition coefficient (Wildman–Crippen LogP) is 5.80. The van der Waals surface area contributed by atoms with E-state index in [1.807, 2.05) is 80.8 Å². The van der Waals surface area contributed by atoms with Crippen LogP contribution in [0.5, 0.6) is 11.5 Å². The third kappa shape index (κ3) is 5.01. The standard InChI is InChI=1S/C31H41N3O5/c1-19-14-24(15-20(2)34(19)29(36)39-30(3,4)5)38-26-17-22(32)16-25-27(26)33(28(35)31(25)12-7-13-31)18-21-8-10-23(37-6)11-9-21/h8-11,16-17,19-20,24H,7,12-15,18,32H2,1-6H3. The zero-order valence-corrected chi connectivity index (χ0v) is 24.0. The summed E-state index contributed by atoms with van der Waals surface area (Å²) in [5.41, 5.74) is 8.75. The van der Waals surface area contributed by atoms with Gasteiger partial charge in [0.05, 0.1) is 24.8 Å². The van der Waals surface area contributed by atoms with Gasteiger partial charge in [-0.2, -0.15) is 0 Å². The van der Waals surface area contributed by atoms with Crippen LogP contribution < -0.4 is 20.1 Å². The van der Waals surface area contributed by atoms with E-state index in [9.17, 15) is 9.59 Å². The number of likely N-dealkylation sites (tertiary alicyclic amines) is 1. The summed E-state index contributed by atoms with van der Waals surface area (Å²) in [5, 5.41) is 0. The highest BCUT2D eigenvalue weighted by Crippen LogP contribution is 2.57. The predicted molar refractivity (Wildman–Crippen MR) is 151 cm³/mol. The molecule has 1 saturated carbocycles. The maximum Gasteiger partial charge on any atom is 0.410 e. The van der Waals surface area contributed by atoms with Crippen molar-refractivity contribution in [2.75, 3.05) is 17.7 Å². The molecule has 2 aliphatic heterocycles. The summed E-state index contributed by atoms with van der Waals surface area (Å²) >= 11 is 0. The quantitative estimate of drug-likeness (QED) is 0.486. The summed E-state index contributed by atoms with van der Waals surface area (Å²) in [4.78, 5) is 30.5. The van der Waals surface area contributed by atoms with E-state index in [4.69, 9.17) is 19.9 Å². The third-order valence-corrected chi connectivity index (χ3v) is 8.30. The molecule has 2 amide bonds. The van der Waals surface area contributed by atoms with E-state index in [0.29, 0.717) is 30.8 Å². The first kappa shape index (κ1) is 27.2. The second-order valence-electron chi connectivity index (χ2n) is 12.4. The molecular weight excluding hydrogens is 494 g/mol. The van der Waals surface area contributed by atoms with Gasteiger partial charge in [0.25, 0.3) is 0 Å². The van der Waals surface area contributed by atoms with Crippen LogP contribution in [0.4, 0.5) is 16.2 Å². The molecule has 0 bridgehead atoms. The minimum atomic E-state index is -0.552. The lowest BCUT2D eigenvalue weighted by molar-refractivity contribution is -0.126. The lowest BCUT2D eigenvalue weighted by atomic mass is 9.65. The van der Waals surface area contributed by atoms with Crippen molar-refractivity contribution in [1.29, 1.82) is 0 Å². The maximum atomic E-state index is 13.9. The highest BCUT2D eigenvalue weighted by molar-refractivity contribution is 6.10. The topological polar surface area (TPSA) is 94.3 Å². The summed E-state index contributed by atoms with van der Waals surface area (Å²) in [6, 6.07) is 11.5. The summed E-state index contributed by atoms with van der Waals surface area (Å²) in [6.45, 7) is 10.1. The van der Waals surface area contributed by atoms with Crippen molar-refractivity contribution in [3.63, 3.8) is 0 Å². The van der Waals surface area contributed by atoms with Gasteiger partial charge in [-0.3, -0.25) is 4.79 Å². The molecule has 2 aromatic rings. The van der Waals surface area contributed by atoms with Gasteiger partial charge in [0.15, 0.2) is 0 Å². The first-order valence-electron chi connectivity index (χ1n) is 14.0. The molecule has 39 heavy (non-hydrogen) atoms. The Hall–Kier alpha value is -3.42. The first-order chi connectivity index (χ1) is 18.4. The summed E-state index contributed by atoms with van der Waals surface area (Å²) in [6.07, 6.45) is 3.55. The Kier molecular flexibility index (Phi) is 6.93.